The molecule has 0 aliphatic heterocycles. The molecule has 2 heteroatoms. The SMILES string of the molecule is C/C=C\c1nc(C)ccc1N.CC. The molecule has 0 spiro atoms. The smallest absolute Gasteiger partial charge is 0.0858 e. The first-order valence-electron chi connectivity index (χ1n) is 4.60. The van der Waals surface area contributed by atoms with E-state index in [4.69, 9.17) is 5.73 Å². The molecule has 0 unspecified atom stereocenters. The van der Waals surface area contributed by atoms with Gasteiger partial charge in [-0.15, -0.1) is 0 Å². The summed E-state index contributed by atoms with van der Waals surface area (Å²) in [5.74, 6) is 0. The van der Waals surface area contributed by atoms with E-state index in [1.165, 1.54) is 0 Å². The number of rotatable bonds is 1. The Kier molecular flexibility index (Phi) is 5.60. The summed E-state index contributed by atoms with van der Waals surface area (Å²) >= 11 is 0. The van der Waals surface area contributed by atoms with Crippen molar-refractivity contribution in [3.8, 4) is 0 Å². The summed E-state index contributed by atoms with van der Waals surface area (Å²) in [4.78, 5) is 4.25. The third-order valence-electron chi connectivity index (χ3n) is 1.42. The predicted molar refractivity (Wildman–Crippen MR) is 59.4 cm³/mol. The number of nitrogen functional groups attached to an aromatic ring is 1. The molecule has 2 N–H and O–H groups in total. The van der Waals surface area contributed by atoms with Crippen LogP contribution in [0.2, 0.25) is 0 Å². The minimum absolute atomic E-state index is 0.730. The topological polar surface area (TPSA) is 38.9 Å². The van der Waals surface area contributed by atoms with Crippen molar-refractivity contribution < 1.29 is 0 Å². The van der Waals surface area contributed by atoms with E-state index in [2.05, 4.69) is 4.98 Å². The minimum Gasteiger partial charge on any atom is -0.397 e. The van der Waals surface area contributed by atoms with Crippen LogP contribution in [0, 0.1) is 6.92 Å². The maximum Gasteiger partial charge on any atom is 0.0858 e. The molecule has 0 radical (unpaired) electrons. The molecule has 72 valence electrons. The Morgan fingerprint density at radius 2 is 1.92 bits per heavy atom. The molecular formula is C11H18N2. The molecule has 13 heavy (non-hydrogen) atoms. The second-order valence-electron chi connectivity index (χ2n) is 2.43. The van der Waals surface area contributed by atoms with Crippen molar-refractivity contribution in [3.63, 3.8) is 0 Å². The number of nitrogens with zero attached hydrogens (tertiary/aromatic N) is 1. The van der Waals surface area contributed by atoms with Crippen LogP contribution in [0.15, 0.2) is 18.2 Å². The van der Waals surface area contributed by atoms with Gasteiger partial charge in [-0.05, 0) is 32.1 Å². The van der Waals surface area contributed by atoms with Gasteiger partial charge in [0.25, 0.3) is 0 Å². The Balaban J connectivity index is 0.000000671. The maximum absolute atomic E-state index is 5.66. The molecule has 0 bridgehead atoms. The molecular weight excluding hydrogens is 160 g/mol. The number of anilines is 1. The van der Waals surface area contributed by atoms with Crippen molar-refractivity contribution in [1.29, 1.82) is 0 Å². The van der Waals surface area contributed by atoms with E-state index < -0.39 is 0 Å². The summed E-state index contributed by atoms with van der Waals surface area (Å²) in [5.41, 5.74) is 8.24. The van der Waals surface area contributed by atoms with Gasteiger partial charge in [0.1, 0.15) is 0 Å². The zero-order chi connectivity index (χ0) is 10.3. The van der Waals surface area contributed by atoms with Crippen LogP contribution in [0.25, 0.3) is 6.08 Å². The van der Waals surface area contributed by atoms with Crippen LogP contribution in [-0.4, -0.2) is 4.98 Å². The highest BCUT2D eigenvalue weighted by Gasteiger charge is 1.94. The van der Waals surface area contributed by atoms with E-state index in [0.29, 0.717) is 0 Å². The number of nitrogens with two attached hydrogens (primary N) is 1. The summed E-state index contributed by atoms with van der Waals surface area (Å²) in [7, 11) is 0. The summed E-state index contributed by atoms with van der Waals surface area (Å²) in [6, 6.07) is 3.78. The quantitative estimate of drug-likeness (QED) is 0.718. The highest BCUT2D eigenvalue weighted by Crippen LogP contribution is 2.10. The summed E-state index contributed by atoms with van der Waals surface area (Å²) < 4.78 is 0. The fourth-order valence-corrected chi connectivity index (χ4v) is 0.879. The van der Waals surface area contributed by atoms with Gasteiger partial charge in [0.15, 0.2) is 0 Å². The van der Waals surface area contributed by atoms with E-state index in [9.17, 15) is 0 Å². The fourth-order valence-electron chi connectivity index (χ4n) is 0.879. The maximum atomic E-state index is 5.66. The molecule has 1 heterocycles. The van der Waals surface area contributed by atoms with Gasteiger partial charge in [-0.25, -0.2) is 0 Å². The number of aromatic nitrogens is 1. The molecule has 0 fully saturated rings. The zero-order valence-corrected chi connectivity index (χ0v) is 8.83. The lowest BCUT2D eigenvalue weighted by Crippen LogP contribution is -1.93. The Morgan fingerprint density at radius 3 is 2.46 bits per heavy atom. The number of pyridine rings is 1. The molecule has 0 aromatic carbocycles. The van der Waals surface area contributed by atoms with Crippen LogP contribution >= 0.6 is 0 Å². The molecule has 0 atom stereocenters. The van der Waals surface area contributed by atoms with Gasteiger partial charge in [-0.3, -0.25) is 4.98 Å². The lowest BCUT2D eigenvalue weighted by Gasteiger charge is -1.99. The number of aryl methyl sites for hydroxylation is 1. The molecule has 0 aliphatic carbocycles. The lowest BCUT2D eigenvalue weighted by atomic mass is 10.2. The number of hydrogen-bond donors (Lipinski definition) is 1. The summed E-state index contributed by atoms with van der Waals surface area (Å²) in [6.07, 6.45) is 3.83. The van der Waals surface area contributed by atoms with Crippen molar-refractivity contribution in [3.05, 3.63) is 29.6 Å². The molecule has 1 rings (SSSR count). The highest BCUT2D eigenvalue weighted by atomic mass is 14.7. The molecule has 0 saturated heterocycles. The van der Waals surface area contributed by atoms with E-state index in [1.807, 2.05) is 52.0 Å². The Morgan fingerprint density at radius 1 is 1.31 bits per heavy atom. The van der Waals surface area contributed by atoms with E-state index in [0.717, 1.165) is 17.1 Å². The Bertz CT molecular complexity index is 277. The van der Waals surface area contributed by atoms with Crippen molar-refractivity contribution in [2.24, 2.45) is 0 Å². The van der Waals surface area contributed by atoms with Crippen molar-refractivity contribution in [2.45, 2.75) is 27.7 Å². The van der Waals surface area contributed by atoms with Crippen LogP contribution in [0.4, 0.5) is 5.69 Å². The van der Waals surface area contributed by atoms with Crippen LogP contribution in [0.1, 0.15) is 32.2 Å². The molecule has 2 nitrogen and oxygen atoms in total. The van der Waals surface area contributed by atoms with Crippen LogP contribution in [-0.2, 0) is 0 Å². The van der Waals surface area contributed by atoms with Gasteiger partial charge >= 0.3 is 0 Å². The average Bonchev–Trinajstić information content (AvgIpc) is 2.15. The average molecular weight is 178 g/mol. The molecule has 1 aromatic heterocycles. The van der Waals surface area contributed by atoms with Gasteiger partial charge in [0.2, 0.25) is 0 Å². The van der Waals surface area contributed by atoms with Gasteiger partial charge in [0, 0.05) is 5.69 Å². The number of allylic oxidation sites excluding steroid dienone is 1. The van der Waals surface area contributed by atoms with Gasteiger partial charge in [-0.2, -0.15) is 0 Å². The normalized spacial score (nSPS) is 9.54. The third-order valence-corrected chi connectivity index (χ3v) is 1.42. The standard InChI is InChI=1S/C9H12N2.C2H6/c1-3-4-9-8(10)6-5-7(2)11-9;1-2/h3-6H,10H2,1-2H3;1-2H3/b4-3-;. The van der Waals surface area contributed by atoms with E-state index in [1.54, 1.807) is 0 Å². The summed E-state index contributed by atoms with van der Waals surface area (Å²) in [5, 5.41) is 0. The second-order valence-corrected chi connectivity index (χ2v) is 2.43. The summed E-state index contributed by atoms with van der Waals surface area (Å²) in [6.45, 7) is 7.90. The zero-order valence-electron chi connectivity index (χ0n) is 8.83. The monoisotopic (exact) mass is 178 g/mol. The highest BCUT2D eigenvalue weighted by molar-refractivity contribution is 5.60. The molecule has 0 aliphatic rings. The minimum atomic E-state index is 0.730. The number of hydrogen-bond acceptors (Lipinski definition) is 2. The first-order valence-corrected chi connectivity index (χ1v) is 4.60. The van der Waals surface area contributed by atoms with Gasteiger partial charge in [-0.1, -0.05) is 19.9 Å². The fraction of sp³-hybridized carbons (Fsp3) is 0.364. The van der Waals surface area contributed by atoms with Crippen molar-refractivity contribution >= 4 is 11.8 Å². The largest absolute Gasteiger partial charge is 0.397 e. The Labute approximate surface area is 80.5 Å². The molecule has 0 saturated carbocycles. The Hall–Kier alpha value is -1.31. The first-order chi connectivity index (χ1) is 6.24. The second kappa shape index (κ2) is 6.23. The van der Waals surface area contributed by atoms with Gasteiger partial charge < -0.3 is 5.73 Å². The molecule has 0 amide bonds. The third kappa shape index (κ3) is 3.74. The lowest BCUT2D eigenvalue weighted by molar-refractivity contribution is 1.18. The predicted octanol–water partition coefficient (Wildman–Crippen LogP) is 3.03. The van der Waals surface area contributed by atoms with E-state index >= 15 is 0 Å². The van der Waals surface area contributed by atoms with Crippen molar-refractivity contribution in [2.75, 3.05) is 5.73 Å². The van der Waals surface area contributed by atoms with Crippen LogP contribution in [0.3, 0.4) is 0 Å². The van der Waals surface area contributed by atoms with Crippen LogP contribution in [0.5, 0.6) is 0 Å². The first kappa shape index (κ1) is 11.7. The van der Waals surface area contributed by atoms with Crippen molar-refractivity contribution in [1.82, 2.24) is 4.98 Å². The molecule has 1 aromatic rings. The van der Waals surface area contributed by atoms with Gasteiger partial charge in [0.05, 0.1) is 11.4 Å². The van der Waals surface area contributed by atoms with E-state index in [-0.39, 0.29) is 0 Å². The van der Waals surface area contributed by atoms with Crippen LogP contribution < -0.4 is 5.73 Å².